The SMILES string of the molecule is CC/C(Cl)=C\c1nc(CNC(=O)c2ccc(C(=O)N(CC)CC)c(Cl)c2)[nH]c1CC. The lowest BCUT2D eigenvalue weighted by Gasteiger charge is -2.19. The molecule has 0 saturated heterocycles. The van der Waals surface area contributed by atoms with Crippen molar-refractivity contribution < 1.29 is 9.59 Å². The van der Waals surface area contributed by atoms with Crippen LogP contribution in [0.25, 0.3) is 6.08 Å². The first-order valence-corrected chi connectivity index (χ1v) is 10.9. The van der Waals surface area contributed by atoms with Crippen molar-refractivity contribution in [3.63, 3.8) is 0 Å². The normalized spacial score (nSPS) is 11.5. The van der Waals surface area contributed by atoms with Gasteiger partial charge in [-0.2, -0.15) is 0 Å². The highest BCUT2D eigenvalue weighted by Crippen LogP contribution is 2.20. The van der Waals surface area contributed by atoms with Crippen LogP contribution in [0.4, 0.5) is 0 Å². The first kappa shape index (κ1) is 24.0. The number of amides is 2. The highest BCUT2D eigenvalue weighted by molar-refractivity contribution is 6.34. The second kappa shape index (κ2) is 11.2. The van der Waals surface area contributed by atoms with Crippen molar-refractivity contribution in [2.75, 3.05) is 13.1 Å². The zero-order valence-electron chi connectivity index (χ0n) is 17.8. The first-order valence-electron chi connectivity index (χ1n) is 10.1. The van der Waals surface area contributed by atoms with Crippen LogP contribution < -0.4 is 5.32 Å². The van der Waals surface area contributed by atoms with E-state index in [0.29, 0.717) is 30.0 Å². The quantitative estimate of drug-likeness (QED) is 0.562. The summed E-state index contributed by atoms with van der Waals surface area (Å²) in [6, 6.07) is 4.71. The summed E-state index contributed by atoms with van der Waals surface area (Å²) in [6.07, 6.45) is 3.35. The third-order valence-electron chi connectivity index (χ3n) is 4.77. The summed E-state index contributed by atoms with van der Waals surface area (Å²) in [7, 11) is 0. The highest BCUT2D eigenvalue weighted by Gasteiger charge is 2.18. The second-order valence-electron chi connectivity index (χ2n) is 6.70. The van der Waals surface area contributed by atoms with Crippen molar-refractivity contribution >= 4 is 41.1 Å². The van der Waals surface area contributed by atoms with E-state index in [0.717, 1.165) is 29.3 Å². The van der Waals surface area contributed by atoms with Gasteiger partial charge in [0.15, 0.2) is 0 Å². The van der Waals surface area contributed by atoms with E-state index in [9.17, 15) is 9.59 Å². The molecule has 0 bridgehead atoms. The summed E-state index contributed by atoms with van der Waals surface area (Å²) < 4.78 is 0. The van der Waals surface area contributed by atoms with E-state index >= 15 is 0 Å². The Morgan fingerprint density at radius 1 is 1.20 bits per heavy atom. The van der Waals surface area contributed by atoms with E-state index < -0.39 is 0 Å². The second-order valence-corrected chi connectivity index (χ2v) is 7.59. The molecule has 30 heavy (non-hydrogen) atoms. The Morgan fingerprint density at radius 3 is 2.47 bits per heavy atom. The van der Waals surface area contributed by atoms with Crippen molar-refractivity contribution in [1.29, 1.82) is 0 Å². The van der Waals surface area contributed by atoms with Crippen molar-refractivity contribution in [1.82, 2.24) is 20.2 Å². The van der Waals surface area contributed by atoms with E-state index in [4.69, 9.17) is 23.2 Å². The molecule has 0 radical (unpaired) electrons. The number of aryl methyl sites for hydroxylation is 1. The molecule has 0 atom stereocenters. The number of aromatic nitrogens is 2. The number of aromatic amines is 1. The van der Waals surface area contributed by atoms with Crippen LogP contribution in [0, 0.1) is 0 Å². The molecule has 1 heterocycles. The van der Waals surface area contributed by atoms with Crippen LogP contribution >= 0.6 is 23.2 Å². The summed E-state index contributed by atoms with van der Waals surface area (Å²) in [6.45, 7) is 9.25. The number of hydrogen-bond acceptors (Lipinski definition) is 3. The van der Waals surface area contributed by atoms with Gasteiger partial charge in [0.1, 0.15) is 5.82 Å². The number of nitrogens with zero attached hydrogens (tertiary/aromatic N) is 2. The lowest BCUT2D eigenvalue weighted by atomic mass is 10.1. The van der Waals surface area contributed by atoms with Crippen molar-refractivity contribution in [2.45, 2.75) is 47.1 Å². The third-order valence-corrected chi connectivity index (χ3v) is 5.46. The molecule has 162 valence electrons. The van der Waals surface area contributed by atoms with Gasteiger partial charge < -0.3 is 15.2 Å². The molecule has 1 aromatic heterocycles. The Balaban J connectivity index is 2.10. The van der Waals surface area contributed by atoms with Crippen LogP contribution in [0.2, 0.25) is 5.02 Å². The standard InChI is InChI=1S/C22H28Cl2N4O2/c1-5-15(23)12-19-18(6-2)26-20(27-19)13-25-21(29)14-9-10-16(17(24)11-14)22(30)28(7-3)8-4/h9-12H,5-8,13H2,1-4H3,(H,25,29)(H,26,27)/b15-12+. The van der Waals surface area contributed by atoms with Crippen LogP contribution in [-0.4, -0.2) is 39.8 Å². The minimum absolute atomic E-state index is 0.147. The van der Waals surface area contributed by atoms with E-state index in [1.807, 2.05) is 33.8 Å². The molecule has 1 aromatic carbocycles. The number of allylic oxidation sites excluding steroid dienone is 1. The first-order chi connectivity index (χ1) is 14.3. The van der Waals surface area contributed by atoms with Gasteiger partial charge in [-0.15, -0.1) is 0 Å². The molecule has 0 aliphatic rings. The number of halogens is 2. The van der Waals surface area contributed by atoms with E-state index in [-0.39, 0.29) is 23.4 Å². The van der Waals surface area contributed by atoms with Gasteiger partial charge in [0.2, 0.25) is 0 Å². The maximum Gasteiger partial charge on any atom is 0.255 e. The van der Waals surface area contributed by atoms with Crippen LogP contribution in [0.15, 0.2) is 23.2 Å². The minimum atomic E-state index is -0.295. The molecule has 0 spiro atoms. The Kier molecular flexibility index (Phi) is 8.93. The number of carbonyl (C=O) groups is 2. The molecule has 0 aliphatic heterocycles. The fraction of sp³-hybridized carbons (Fsp3) is 0.409. The molecule has 0 unspecified atom stereocenters. The van der Waals surface area contributed by atoms with Gasteiger partial charge in [0.25, 0.3) is 11.8 Å². The Hall–Kier alpha value is -2.31. The fourth-order valence-corrected chi connectivity index (χ4v) is 3.34. The maximum atomic E-state index is 12.5. The van der Waals surface area contributed by atoms with Gasteiger partial charge >= 0.3 is 0 Å². The fourth-order valence-electron chi connectivity index (χ4n) is 2.98. The smallest absolute Gasteiger partial charge is 0.255 e. The molecule has 8 heteroatoms. The molecule has 2 N–H and O–H groups in total. The Labute approximate surface area is 187 Å². The highest BCUT2D eigenvalue weighted by atomic mass is 35.5. The van der Waals surface area contributed by atoms with Gasteiger partial charge in [-0.05, 0) is 51.0 Å². The number of carbonyl (C=O) groups excluding carboxylic acids is 2. The van der Waals surface area contributed by atoms with Crippen molar-refractivity contribution in [3.8, 4) is 0 Å². The molecule has 0 saturated carbocycles. The zero-order valence-corrected chi connectivity index (χ0v) is 19.3. The molecule has 2 aromatic rings. The number of nitrogens with one attached hydrogen (secondary N) is 2. The third kappa shape index (κ3) is 5.86. The summed E-state index contributed by atoms with van der Waals surface area (Å²) in [4.78, 5) is 34.5. The average molecular weight is 451 g/mol. The van der Waals surface area contributed by atoms with Gasteiger partial charge in [-0.3, -0.25) is 9.59 Å². The Bertz CT molecular complexity index is 933. The van der Waals surface area contributed by atoms with Gasteiger partial charge in [0, 0.05) is 29.4 Å². The van der Waals surface area contributed by atoms with Crippen molar-refractivity contribution in [3.05, 3.63) is 56.6 Å². The largest absolute Gasteiger partial charge is 0.345 e. The van der Waals surface area contributed by atoms with Crippen LogP contribution in [-0.2, 0) is 13.0 Å². The lowest BCUT2D eigenvalue weighted by molar-refractivity contribution is 0.0772. The van der Waals surface area contributed by atoms with Crippen LogP contribution in [0.1, 0.15) is 72.0 Å². The predicted molar refractivity (Wildman–Crippen MR) is 122 cm³/mol. The molecule has 0 fully saturated rings. The average Bonchev–Trinajstić information content (AvgIpc) is 3.14. The van der Waals surface area contributed by atoms with Crippen molar-refractivity contribution in [2.24, 2.45) is 0 Å². The molecule has 2 rings (SSSR count). The summed E-state index contributed by atoms with van der Waals surface area (Å²) in [5.41, 5.74) is 2.52. The number of hydrogen-bond donors (Lipinski definition) is 2. The molecule has 6 nitrogen and oxygen atoms in total. The topological polar surface area (TPSA) is 78.1 Å². The number of H-pyrrole nitrogens is 1. The predicted octanol–water partition coefficient (Wildman–Crippen LogP) is 5.03. The number of imidazole rings is 1. The van der Waals surface area contributed by atoms with Gasteiger partial charge in [0.05, 0.1) is 22.8 Å². The minimum Gasteiger partial charge on any atom is -0.345 e. The molecule has 0 aliphatic carbocycles. The van der Waals surface area contributed by atoms with Gasteiger partial charge in [-0.25, -0.2) is 4.98 Å². The monoisotopic (exact) mass is 450 g/mol. The van der Waals surface area contributed by atoms with Crippen LogP contribution in [0.5, 0.6) is 0 Å². The molecular formula is C22H28Cl2N4O2. The summed E-state index contributed by atoms with van der Waals surface area (Å²) in [5.74, 6) is 0.203. The summed E-state index contributed by atoms with van der Waals surface area (Å²) >= 11 is 12.4. The van der Waals surface area contributed by atoms with E-state index in [2.05, 4.69) is 15.3 Å². The lowest BCUT2D eigenvalue weighted by Crippen LogP contribution is -2.30. The molecule has 2 amide bonds. The summed E-state index contributed by atoms with van der Waals surface area (Å²) in [5, 5.41) is 3.81. The number of rotatable bonds is 9. The Morgan fingerprint density at radius 2 is 1.90 bits per heavy atom. The van der Waals surface area contributed by atoms with E-state index in [1.165, 1.54) is 6.07 Å². The number of benzene rings is 1. The maximum absolute atomic E-state index is 12.5. The van der Waals surface area contributed by atoms with Gasteiger partial charge in [-0.1, -0.05) is 37.0 Å². The molecular weight excluding hydrogens is 423 g/mol. The van der Waals surface area contributed by atoms with Crippen LogP contribution in [0.3, 0.4) is 0 Å². The van der Waals surface area contributed by atoms with E-state index in [1.54, 1.807) is 17.0 Å². The zero-order chi connectivity index (χ0) is 22.3.